The first-order valence-electron chi connectivity index (χ1n) is 9.71. The van der Waals surface area contributed by atoms with E-state index in [1.165, 1.54) is 11.8 Å². The summed E-state index contributed by atoms with van der Waals surface area (Å²) in [5.74, 6) is -0.816. The monoisotopic (exact) mass is 418 g/mol. The number of rotatable bonds is 8. The Balaban J connectivity index is 1.77. The zero-order chi connectivity index (χ0) is 21.1. The van der Waals surface area contributed by atoms with Gasteiger partial charge in [0.15, 0.2) is 10.6 Å². The quantitative estimate of drug-likeness (QED) is 0.394. The van der Waals surface area contributed by atoms with Gasteiger partial charge in [-0.15, -0.1) is 0 Å². The van der Waals surface area contributed by atoms with Gasteiger partial charge in [-0.25, -0.2) is 4.79 Å². The Kier molecular flexibility index (Phi) is 6.64. The van der Waals surface area contributed by atoms with Crippen molar-refractivity contribution < 1.29 is 23.7 Å². The van der Waals surface area contributed by atoms with Crippen LogP contribution in [-0.2, 0) is 36.9 Å². The number of hydrogen-bond acceptors (Lipinski definition) is 5. The Morgan fingerprint density at radius 1 is 1.31 bits per heavy atom. The Labute approximate surface area is 173 Å². The number of ether oxygens (including phenoxy) is 1. The summed E-state index contributed by atoms with van der Waals surface area (Å²) in [6.45, 7) is 5.65. The highest BCUT2D eigenvalue weighted by Gasteiger charge is 2.58. The third-order valence-electron chi connectivity index (χ3n) is 5.23. The largest absolute Gasteiger partial charge is 0.612 e. The maximum Gasteiger partial charge on any atom is 0.360 e. The van der Waals surface area contributed by atoms with Gasteiger partial charge >= 0.3 is 5.97 Å². The highest BCUT2D eigenvalue weighted by Crippen LogP contribution is 2.47. The zero-order valence-corrected chi connectivity index (χ0v) is 17.7. The minimum atomic E-state index is -1.48. The lowest BCUT2D eigenvalue weighted by molar-refractivity contribution is -0.159. The van der Waals surface area contributed by atoms with Crippen LogP contribution < -0.4 is 5.32 Å². The first-order chi connectivity index (χ1) is 13.8. The van der Waals surface area contributed by atoms with Crippen LogP contribution in [0.25, 0.3) is 0 Å². The number of β-lactam (4-membered cyclic amide) rings is 1. The van der Waals surface area contributed by atoms with Crippen LogP contribution in [-0.4, -0.2) is 45.6 Å². The molecule has 7 nitrogen and oxygen atoms in total. The highest BCUT2D eigenvalue weighted by atomic mass is 32.2. The molecule has 2 aliphatic rings. The molecule has 2 amide bonds. The van der Waals surface area contributed by atoms with Crippen molar-refractivity contribution in [3.8, 4) is 0 Å². The molecule has 0 radical (unpaired) electrons. The fourth-order valence-corrected chi connectivity index (χ4v) is 5.15. The molecule has 1 aromatic carbocycles. The van der Waals surface area contributed by atoms with Crippen molar-refractivity contribution in [2.45, 2.75) is 39.8 Å². The van der Waals surface area contributed by atoms with E-state index in [4.69, 9.17) is 4.74 Å². The fraction of sp³-hybridized carbons (Fsp3) is 0.476. The smallest absolute Gasteiger partial charge is 0.360 e. The van der Waals surface area contributed by atoms with Crippen LogP contribution in [0.5, 0.6) is 0 Å². The molecule has 2 aliphatic heterocycles. The summed E-state index contributed by atoms with van der Waals surface area (Å²) in [7, 11) is 0. The molecule has 1 saturated heterocycles. The second kappa shape index (κ2) is 9.00. The lowest BCUT2D eigenvalue weighted by Gasteiger charge is -2.45. The predicted octanol–water partition coefficient (Wildman–Crippen LogP) is 1.71. The molecule has 0 aromatic heterocycles. The summed E-state index contributed by atoms with van der Waals surface area (Å²) >= 11 is -1.48. The summed E-state index contributed by atoms with van der Waals surface area (Å²) in [6.07, 6.45) is 0.400. The second-order valence-corrected chi connectivity index (χ2v) is 9.21. The van der Waals surface area contributed by atoms with Gasteiger partial charge in [0.2, 0.25) is 11.8 Å². The zero-order valence-electron chi connectivity index (χ0n) is 16.8. The van der Waals surface area contributed by atoms with Crippen LogP contribution in [0.3, 0.4) is 0 Å². The van der Waals surface area contributed by atoms with E-state index in [9.17, 15) is 18.9 Å². The minimum absolute atomic E-state index is 0.0787. The molecule has 1 aromatic rings. The Morgan fingerprint density at radius 3 is 2.62 bits per heavy atom. The van der Waals surface area contributed by atoms with Crippen LogP contribution in [0.1, 0.15) is 32.8 Å². The molecule has 2 heterocycles. The SMILES string of the molecule is CC(=O)NCC[S+]([O-])C1=C(C(=O)OCc2ccccc2)N2C(=O)C(C(C)C)C2C1. The van der Waals surface area contributed by atoms with Gasteiger partial charge in [0, 0.05) is 13.3 Å². The van der Waals surface area contributed by atoms with E-state index in [0.29, 0.717) is 11.3 Å². The van der Waals surface area contributed by atoms with E-state index >= 15 is 0 Å². The van der Waals surface area contributed by atoms with Crippen molar-refractivity contribution in [2.75, 3.05) is 12.3 Å². The summed E-state index contributed by atoms with van der Waals surface area (Å²) in [5.41, 5.74) is 0.952. The maximum atomic E-state index is 12.9. The molecule has 0 saturated carbocycles. The number of benzene rings is 1. The van der Waals surface area contributed by atoms with Gasteiger partial charge in [-0.2, -0.15) is 0 Å². The predicted molar refractivity (Wildman–Crippen MR) is 109 cm³/mol. The number of fused-ring (bicyclic) bond motifs is 1. The average Bonchev–Trinajstić information content (AvgIpc) is 3.01. The first kappa shape index (κ1) is 21.4. The maximum absolute atomic E-state index is 12.9. The minimum Gasteiger partial charge on any atom is -0.612 e. The summed E-state index contributed by atoms with van der Waals surface area (Å²) < 4.78 is 18.3. The number of carbonyl (C=O) groups is 3. The normalized spacial score (nSPS) is 21.7. The number of carbonyl (C=O) groups excluding carboxylic acids is 3. The van der Waals surface area contributed by atoms with E-state index in [1.54, 1.807) is 0 Å². The Morgan fingerprint density at radius 2 is 2.00 bits per heavy atom. The van der Waals surface area contributed by atoms with Gasteiger partial charge in [-0.1, -0.05) is 44.2 Å². The van der Waals surface area contributed by atoms with Crippen LogP contribution in [0, 0.1) is 11.8 Å². The summed E-state index contributed by atoms with van der Waals surface area (Å²) in [6, 6.07) is 9.10. The van der Waals surface area contributed by atoms with Crippen molar-refractivity contribution in [1.29, 1.82) is 0 Å². The van der Waals surface area contributed by atoms with E-state index in [1.807, 2.05) is 44.2 Å². The molecule has 1 N–H and O–H groups in total. The van der Waals surface area contributed by atoms with Crippen LogP contribution in [0.4, 0.5) is 0 Å². The van der Waals surface area contributed by atoms with Gasteiger partial charge in [-0.05, 0) is 22.7 Å². The van der Waals surface area contributed by atoms with E-state index in [2.05, 4.69) is 5.32 Å². The molecule has 1 fully saturated rings. The molecular weight excluding hydrogens is 392 g/mol. The third kappa shape index (κ3) is 4.48. The number of hydrogen-bond donors (Lipinski definition) is 1. The number of nitrogens with zero attached hydrogens (tertiary/aromatic N) is 1. The Hall–Kier alpha value is -2.32. The van der Waals surface area contributed by atoms with Crippen molar-refractivity contribution in [3.05, 3.63) is 46.5 Å². The van der Waals surface area contributed by atoms with Crippen LogP contribution in [0.15, 0.2) is 40.9 Å². The van der Waals surface area contributed by atoms with Crippen molar-refractivity contribution in [3.63, 3.8) is 0 Å². The van der Waals surface area contributed by atoms with Crippen LogP contribution >= 0.6 is 0 Å². The summed E-state index contributed by atoms with van der Waals surface area (Å²) in [5, 5.41) is 2.61. The van der Waals surface area contributed by atoms with E-state index in [-0.39, 0.29) is 54.3 Å². The van der Waals surface area contributed by atoms with Gasteiger partial charge in [0.25, 0.3) is 0 Å². The van der Waals surface area contributed by atoms with Gasteiger partial charge in [0.1, 0.15) is 12.4 Å². The molecule has 0 aliphatic carbocycles. The molecule has 3 rings (SSSR count). The van der Waals surface area contributed by atoms with Gasteiger partial charge < -0.3 is 14.6 Å². The number of nitrogens with one attached hydrogen (secondary N) is 1. The standard InChI is InChI=1S/C21H26N2O5S/c1-13(2)18-16-11-17(29(27)10-9-22-14(3)24)19(23(16)20(18)25)21(26)28-12-15-7-5-4-6-8-15/h4-8,13,16,18H,9-12H2,1-3H3,(H,22,24). The molecule has 3 unspecified atom stereocenters. The lowest BCUT2D eigenvalue weighted by atomic mass is 9.79. The van der Waals surface area contributed by atoms with Gasteiger partial charge in [0.05, 0.1) is 18.5 Å². The number of esters is 1. The first-order valence-corrected chi connectivity index (χ1v) is 11.0. The topological polar surface area (TPSA) is 98.8 Å². The average molecular weight is 419 g/mol. The molecule has 0 bridgehead atoms. The molecule has 29 heavy (non-hydrogen) atoms. The van der Waals surface area contributed by atoms with Crippen molar-refractivity contribution in [2.24, 2.45) is 11.8 Å². The molecule has 3 atom stereocenters. The molecule has 156 valence electrons. The Bertz CT molecular complexity index is 824. The van der Waals surface area contributed by atoms with Gasteiger partial charge in [-0.3, -0.25) is 14.5 Å². The number of amides is 2. The third-order valence-corrected chi connectivity index (χ3v) is 6.71. The van der Waals surface area contributed by atoms with Crippen LogP contribution in [0.2, 0.25) is 0 Å². The van der Waals surface area contributed by atoms with Crippen molar-refractivity contribution in [1.82, 2.24) is 10.2 Å². The fourth-order valence-electron chi connectivity index (χ4n) is 3.86. The second-order valence-electron chi connectivity index (χ2n) is 7.62. The lowest BCUT2D eigenvalue weighted by Crippen LogP contribution is -2.60. The molecular formula is C21H26N2O5S. The van der Waals surface area contributed by atoms with E-state index < -0.39 is 17.1 Å². The molecule has 8 heteroatoms. The molecule has 0 spiro atoms. The summed E-state index contributed by atoms with van der Waals surface area (Å²) in [4.78, 5) is 38.5. The van der Waals surface area contributed by atoms with E-state index in [0.717, 1.165) is 5.56 Å². The van der Waals surface area contributed by atoms with Crippen molar-refractivity contribution >= 4 is 29.0 Å². The highest BCUT2D eigenvalue weighted by molar-refractivity contribution is 7.95.